The molecule has 94 valence electrons. The van der Waals surface area contributed by atoms with E-state index in [2.05, 4.69) is 21.1 Å². The Balaban J connectivity index is 1.69. The second-order valence-electron chi connectivity index (χ2n) is 5.62. The Hall–Kier alpha value is -0.830. The standard InChI is InChI=1S/C14H23N3/c1-2-6-12(5-1)10-17-11-15-9-14(17)13-7-3-4-8-16-13/h9,11-13,16H,1-8,10H2. The van der Waals surface area contributed by atoms with Crippen LogP contribution in [0.2, 0.25) is 0 Å². The van der Waals surface area contributed by atoms with E-state index in [1.165, 1.54) is 63.7 Å². The maximum Gasteiger partial charge on any atom is 0.0948 e. The summed E-state index contributed by atoms with van der Waals surface area (Å²) in [5, 5.41) is 3.63. The smallest absolute Gasteiger partial charge is 0.0948 e. The van der Waals surface area contributed by atoms with Gasteiger partial charge in [-0.15, -0.1) is 0 Å². The number of imidazole rings is 1. The topological polar surface area (TPSA) is 29.9 Å². The number of rotatable bonds is 3. The minimum Gasteiger partial charge on any atom is -0.333 e. The quantitative estimate of drug-likeness (QED) is 0.870. The summed E-state index contributed by atoms with van der Waals surface area (Å²) in [5.41, 5.74) is 1.41. The molecule has 1 saturated carbocycles. The van der Waals surface area contributed by atoms with Crippen LogP contribution >= 0.6 is 0 Å². The van der Waals surface area contributed by atoms with E-state index in [0.29, 0.717) is 6.04 Å². The van der Waals surface area contributed by atoms with Gasteiger partial charge in [-0.2, -0.15) is 0 Å². The van der Waals surface area contributed by atoms with Crippen molar-refractivity contribution < 1.29 is 0 Å². The highest BCUT2D eigenvalue weighted by molar-refractivity contribution is 5.06. The van der Waals surface area contributed by atoms with Gasteiger partial charge in [0.15, 0.2) is 0 Å². The van der Waals surface area contributed by atoms with Crippen LogP contribution in [0.3, 0.4) is 0 Å². The second-order valence-corrected chi connectivity index (χ2v) is 5.62. The van der Waals surface area contributed by atoms with Crippen molar-refractivity contribution >= 4 is 0 Å². The number of hydrogen-bond acceptors (Lipinski definition) is 2. The Kier molecular flexibility index (Phi) is 3.46. The average Bonchev–Trinajstić information content (AvgIpc) is 3.02. The van der Waals surface area contributed by atoms with Crippen molar-refractivity contribution in [1.29, 1.82) is 0 Å². The lowest BCUT2D eigenvalue weighted by Gasteiger charge is -2.25. The molecule has 1 aromatic heterocycles. The predicted octanol–water partition coefficient (Wildman–Crippen LogP) is 2.89. The molecule has 0 spiro atoms. The SMILES string of the molecule is c1ncn(CC2CCCC2)c1C1CCCCN1. The molecule has 0 aromatic carbocycles. The molecule has 1 aliphatic carbocycles. The fraction of sp³-hybridized carbons (Fsp3) is 0.786. The Labute approximate surface area is 104 Å². The van der Waals surface area contributed by atoms with E-state index in [4.69, 9.17) is 0 Å². The number of aromatic nitrogens is 2. The van der Waals surface area contributed by atoms with E-state index in [1.54, 1.807) is 0 Å². The third-order valence-electron chi connectivity index (χ3n) is 4.34. The summed E-state index contributed by atoms with van der Waals surface area (Å²) in [7, 11) is 0. The van der Waals surface area contributed by atoms with Gasteiger partial charge in [-0.25, -0.2) is 4.98 Å². The van der Waals surface area contributed by atoms with E-state index in [0.717, 1.165) is 5.92 Å². The summed E-state index contributed by atoms with van der Waals surface area (Å²) < 4.78 is 2.40. The van der Waals surface area contributed by atoms with E-state index >= 15 is 0 Å². The van der Waals surface area contributed by atoms with Gasteiger partial charge in [0.25, 0.3) is 0 Å². The maximum absolute atomic E-state index is 4.36. The van der Waals surface area contributed by atoms with Gasteiger partial charge in [-0.3, -0.25) is 0 Å². The lowest BCUT2D eigenvalue weighted by Crippen LogP contribution is -2.29. The fourth-order valence-corrected chi connectivity index (χ4v) is 3.35. The molecule has 0 amide bonds. The third-order valence-corrected chi connectivity index (χ3v) is 4.34. The van der Waals surface area contributed by atoms with Crippen LogP contribution in [0.5, 0.6) is 0 Å². The van der Waals surface area contributed by atoms with Gasteiger partial charge in [-0.1, -0.05) is 19.3 Å². The summed E-state index contributed by atoms with van der Waals surface area (Å²) >= 11 is 0. The molecule has 1 atom stereocenters. The molecule has 0 radical (unpaired) electrons. The normalized spacial score (nSPS) is 26.5. The van der Waals surface area contributed by atoms with Crippen LogP contribution in [0.1, 0.15) is 56.7 Å². The molecule has 1 saturated heterocycles. The predicted molar refractivity (Wildman–Crippen MR) is 68.8 cm³/mol. The Morgan fingerprint density at radius 1 is 1.18 bits per heavy atom. The van der Waals surface area contributed by atoms with Gasteiger partial charge in [0, 0.05) is 18.8 Å². The Bertz CT molecular complexity index is 346. The summed E-state index contributed by atoms with van der Waals surface area (Å²) in [4.78, 5) is 4.36. The zero-order valence-electron chi connectivity index (χ0n) is 10.6. The number of piperidine rings is 1. The molecule has 3 nitrogen and oxygen atoms in total. The number of hydrogen-bond donors (Lipinski definition) is 1. The first-order valence-electron chi connectivity index (χ1n) is 7.17. The molecule has 1 aromatic rings. The minimum absolute atomic E-state index is 0.549. The Morgan fingerprint density at radius 3 is 2.76 bits per heavy atom. The summed E-state index contributed by atoms with van der Waals surface area (Å²) in [6.45, 7) is 2.35. The van der Waals surface area contributed by atoms with E-state index in [9.17, 15) is 0 Å². The lowest BCUT2D eigenvalue weighted by atomic mass is 10.0. The average molecular weight is 233 g/mol. The van der Waals surface area contributed by atoms with Crippen molar-refractivity contribution in [3.05, 3.63) is 18.2 Å². The molecule has 0 bridgehead atoms. The highest BCUT2D eigenvalue weighted by Gasteiger charge is 2.21. The van der Waals surface area contributed by atoms with Crippen LogP contribution in [-0.2, 0) is 6.54 Å². The molecular formula is C14H23N3. The van der Waals surface area contributed by atoms with Crippen LogP contribution in [0.15, 0.2) is 12.5 Å². The van der Waals surface area contributed by atoms with Gasteiger partial charge in [0.05, 0.1) is 12.0 Å². The van der Waals surface area contributed by atoms with Crippen molar-refractivity contribution in [1.82, 2.24) is 14.9 Å². The van der Waals surface area contributed by atoms with Gasteiger partial charge in [0.2, 0.25) is 0 Å². The molecule has 2 heterocycles. The van der Waals surface area contributed by atoms with Gasteiger partial charge < -0.3 is 9.88 Å². The second kappa shape index (κ2) is 5.21. The van der Waals surface area contributed by atoms with Gasteiger partial charge in [0.1, 0.15) is 0 Å². The molecule has 3 heteroatoms. The monoisotopic (exact) mass is 233 g/mol. The molecular weight excluding hydrogens is 210 g/mol. The van der Waals surface area contributed by atoms with E-state index in [-0.39, 0.29) is 0 Å². The van der Waals surface area contributed by atoms with Gasteiger partial charge in [-0.05, 0) is 38.1 Å². The van der Waals surface area contributed by atoms with Crippen molar-refractivity contribution in [2.75, 3.05) is 6.54 Å². The van der Waals surface area contributed by atoms with Crippen molar-refractivity contribution in [2.24, 2.45) is 5.92 Å². The molecule has 1 unspecified atom stereocenters. The van der Waals surface area contributed by atoms with Crippen molar-refractivity contribution in [3.63, 3.8) is 0 Å². The van der Waals surface area contributed by atoms with Crippen LogP contribution < -0.4 is 5.32 Å². The first-order valence-corrected chi connectivity index (χ1v) is 7.17. The third kappa shape index (κ3) is 2.54. The molecule has 1 N–H and O–H groups in total. The summed E-state index contributed by atoms with van der Waals surface area (Å²) in [5.74, 6) is 0.895. The largest absolute Gasteiger partial charge is 0.333 e. The lowest BCUT2D eigenvalue weighted by molar-refractivity contribution is 0.376. The highest BCUT2D eigenvalue weighted by Crippen LogP contribution is 2.28. The van der Waals surface area contributed by atoms with Gasteiger partial charge >= 0.3 is 0 Å². The van der Waals surface area contributed by atoms with Crippen LogP contribution in [0, 0.1) is 5.92 Å². The number of nitrogens with zero attached hydrogens (tertiary/aromatic N) is 2. The summed E-state index contributed by atoms with van der Waals surface area (Å²) in [6.07, 6.45) is 13.7. The number of nitrogens with one attached hydrogen (secondary N) is 1. The molecule has 2 fully saturated rings. The molecule has 2 aliphatic rings. The van der Waals surface area contributed by atoms with Crippen LogP contribution in [0.4, 0.5) is 0 Å². The van der Waals surface area contributed by atoms with E-state index in [1.807, 2.05) is 6.33 Å². The highest BCUT2D eigenvalue weighted by atomic mass is 15.1. The molecule has 1 aliphatic heterocycles. The fourth-order valence-electron chi connectivity index (χ4n) is 3.35. The van der Waals surface area contributed by atoms with Crippen LogP contribution in [0.25, 0.3) is 0 Å². The minimum atomic E-state index is 0.549. The van der Waals surface area contributed by atoms with Crippen LogP contribution in [-0.4, -0.2) is 16.1 Å². The molecule has 3 rings (SSSR count). The maximum atomic E-state index is 4.36. The van der Waals surface area contributed by atoms with E-state index < -0.39 is 0 Å². The zero-order valence-corrected chi connectivity index (χ0v) is 10.6. The van der Waals surface area contributed by atoms with Crippen molar-refractivity contribution in [3.8, 4) is 0 Å². The molecule has 17 heavy (non-hydrogen) atoms. The zero-order chi connectivity index (χ0) is 11.5. The Morgan fingerprint density at radius 2 is 2.00 bits per heavy atom. The first-order chi connectivity index (χ1) is 8.43. The summed E-state index contributed by atoms with van der Waals surface area (Å²) in [6, 6.07) is 0.549. The first kappa shape index (κ1) is 11.3. The van der Waals surface area contributed by atoms with Crippen molar-refractivity contribution in [2.45, 2.75) is 57.5 Å².